The zero-order valence-electron chi connectivity index (χ0n) is 16.5. The van der Waals surface area contributed by atoms with Gasteiger partial charge >= 0.3 is 0 Å². The van der Waals surface area contributed by atoms with Gasteiger partial charge in [-0.1, -0.05) is 63.8 Å². The second kappa shape index (κ2) is 11.3. The average molecular weight is 367 g/mol. The van der Waals surface area contributed by atoms with Crippen LogP contribution in [-0.4, -0.2) is 11.6 Å². The maximum Gasteiger partial charge on any atom is 0.163 e. The Kier molecular flexibility index (Phi) is 8.76. The molecule has 0 amide bonds. The van der Waals surface area contributed by atoms with Crippen LogP contribution in [0.1, 0.15) is 85.9 Å². The molecule has 0 radical (unpaired) electrons. The monoisotopic (exact) mass is 366 g/mol. The molecule has 2 rings (SSSR count). The van der Waals surface area contributed by atoms with Crippen LogP contribution < -0.4 is 4.74 Å². The summed E-state index contributed by atoms with van der Waals surface area (Å²) >= 11 is 0. The highest BCUT2D eigenvalue weighted by molar-refractivity contribution is 5.97. The molecular formula is C24H30O3. The number of unbranched alkanes of at least 4 members (excludes halogenated alkanes) is 4. The van der Waals surface area contributed by atoms with Crippen LogP contribution in [0.3, 0.4) is 0 Å². The molecular weight excluding hydrogens is 336 g/mol. The van der Waals surface area contributed by atoms with E-state index < -0.39 is 0 Å². The van der Waals surface area contributed by atoms with Gasteiger partial charge < -0.3 is 4.74 Å². The van der Waals surface area contributed by atoms with Crippen molar-refractivity contribution in [2.24, 2.45) is 0 Å². The van der Waals surface area contributed by atoms with Crippen LogP contribution in [0.5, 0.6) is 11.5 Å². The largest absolute Gasteiger partial charge is 0.457 e. The highest BCUT2D eigenvalue weighted by Gasteiger charge is 2.09. The molecule has 0 spiro atoms. The topological polar surface area (TPSA) is 43.4 Å². The number of carbonyl (C=O) groups excluding carboxylic acids is 2. The zero-order chi connectivity index (χ0) is 19.5. The summed E-state index contributed by atoms with van der Waals surface area (Å²) in [6.07, 6.45) is 7.32. The molecule has 2 aromatic rings. The number of rotatable bonds is 12. The molecule has 27 heavy (non-hydrogen) atoms. The maximum atomic E-state index is 12.3. The molecule has 0 heterocycles. The van der Waals surface area contributed by atoms with Gasteiger partial charge in [-0.25, -0.2) is 0 Å². The van der Waals surface area contributed by atoms with Crippen molar-refractivity contribution in [1.82, 2.24) is 0 Å². The molecule has 0 saturated heterocycles. The fourth-order valence-electron chi connectivity index (χ4n) is 2.96. The second-order valence-corrected chi connectivity index (χ2v) is 6.92. The van der Waals surface area contributed by atoms with Crippen molar-refractivity contribution >= 4 is 11.6 Å². The Bertz CT molecular complexity index is 685. The molecule has 3 nitrogen and oxygen atoms in total. The van der Waals surface area contributed by atoms with Crippen LogP contribution in [0.2, 0.25) is 0 Å². The smallest absolute Gasteiger partial charge is 0.163 e. The first-order chi connectivity index (χ1) is 13.1. The summed E-state index contributed by atoms with van der Waals surface area (Å²) in [4.78, 5) is 24.6. The molecule has 3 heteroatoms. The second-order valence-electron chi connectivity index (χ2n) is 6.92. The molecule has 0 saturated carbocycles. The van der Waals surface area contributed by atoms with E-state index >= 15 is 0 Å². The molecule has 0 bridgehead atoms. The highest BCUT2D eigenvalue weighted by atomic mass is 16.5. The molecule has 0 fully saturated rings. The fraction of sp³-hybridized carbons (Fsp3) is 0.417. The van der Waals surface area contributed by atoms with E-state index in [-0.39, 0.29) is 11.6 Å². The highest BCUT2D eigenvalue weighted by Crippen LogP contribution is 2.24. The standard InChI is InChI=1S/C24H30O3/c1-3-5-7-15-23(25)19-11-9-13-21(17-19)27-22-14-10-12-20(18-22)24(26)16-8-6-4-2/h9-14,17-18H,3-8,15-16H2,1-2H3. The van der Waals surface area contributed by atoms with Crippen LogP contribution in [-0.2, 0) is 0 Å². The summed E-state index contributed by atoms with van der Waals surface area (Å²) in [7, 11) is 0. The third kappa shape index (κ3) is 7.01. The molecule has 0 N–H and O–H groups in total. The third-order valence-electron chi connectivity index (χ3n) is 4.56. The predicted molar refractivity (Wildman–Crippen MR) is 110 cm³/mol. The minimum atomic E-state index is 0.147. The van der Waals surface area contributed by atoms with Crippen molar-refractivity contribution in [3.63, 3.8) is 0 Å². The minimum absolute atomic E-state index is 0.147. The Morgan fingerprint density at radius 2 is 1.15 bits per heavy atom. The third-order valence-corrected chi connectivity index (χ3v) is 4.56. The zero-order valence-corrected chi connectivity index (χ0v) is 16.5. The van der Waals surface area contributed by atoms with Crippen LogP contribution in [0, 0.1) is 0 Å². The van der Waals surface area contributed by atoms with Gasteiger partial charge in [0.25, 0.3) is 0 Å². The van der Waals surface area contributed by atoms with Crippen molar-refractivity contribution in [3.05, 3.63) is 59.7 Å². The molecule has 144 valence electrons. The summed E-state index contributed by atoms with van der Waals surface area (Å²) < 4.78 is 5.91. The summed E-state index contributed by atoms with van der Waals surface area (Å²) in [6.45, 7) is 4.25. The van der Waals surface area contributed by atoms with Crippen molar-refractivity contribution in [3.8, 4) is 11.5 Å². The molecule has 0 aliphatic carbocycles. The molecule has 2 aromatic carbocycles. The van der Waals surface area contributed by atoms with E-state index in [0.717, 1.165) is 38.5 Å². The maximum absolute atomic E-state index is 12.3. The molecule has 0 aliphatic heterocycles. The molecule has 0 unspecified atom stereocenters. The van der Waals surface area contributed by atoms with E-state index in [4.69, 9.17) is 4.74 Å². The Labute approximate surface area is 162 Å². The van der Waals surface area contributed by atoms with E-state index in [9.17, 15) is 9.59 Å². The summed E-state index contributed by atoms with van der Waals surface area (Å²) in [5.74, 6) is 1.53. The van der Waals surface area contributed by atoms with Crippen molar-refractivity contribution in [1.29, 1.82) is 0 Å². The van der Waals surface area contributed by atoms with Crippen molar-refractivity contribution in [2.45, 2.75) is 65.2 Å². The van der Waals surface area contributed by atoms with Crippen molar-refractivity contribution in [2.75, 3.05) is 0 Å². The first-order valence-electron chi connectivity index (χ1n) is 10.1. The van der Waals surface area contributed by atoms with E-state index in [0.29, 0.717) is 35.5 Å². The summed E-state index contributed by atoms with van der Waals surface area (Å²) in [6, 6.07) is 14.6. The number of benzene rings is 2. The van der Waals surface area contributed by atoms with Crippen molar-refractivity contribution < 1.29 is 14.3 Å². The van der Waals surface area contributed by atoms with Gasteiger partial charge in [0.15, 0.2) is 11.6 Å². The Balaban J connectivity index is 2.02. The summed E-state index contributed by atoms with van der Waals surface area (Å²) in [5, 5.41) is 0. The van der Waals surface area contributed by atoms with Gasteiger partial charge in [-0.15, -0.1) is 0 Å². The lowest BCUT2D eigenvalue weighted by atomic mass is 10.0. The predicted octanol–water partition coefficient (Wildman–Crippen LogP) is 7.00. The van der Waals surface area contributed by atoms with E-state index in [1.807, 2.05) is 36.4 Å². The van der Waals surface area contributed by atoms with Crippen LogP contribution in [0.4, 0.5) is 0 Å². The van der Waals surface area contributed by atoms with Crippen LogP contribution in [0.25, 0.3) is 0 Å². The van der Waals surface area contributed by atoms with Gasteiger partial charge in [0, 0.05) is 24.0 Å². The normalized spacial score (nSPS) is 10.6. The van der Waals surface area contributed by atoms with Gasteiger partial charge in [0.1, 0.15) is 11.5 Å². The number of hydrogen-bond donors (Lipinski definition) is 0. The van der Waals surface area contributed by atoms with Crippen LogP contribution >= 0.6 is 0 Å². The molecule has 0 atom stereocenters. The number of ketones is 2. The number of Topliss-reactive ketones (excluding diaryl/α,β-unsaturated/α-hetero) is 2. The van der Waals surface area contributed by atoms with Crippen LogP contribution in [0.15, 0.2) is 48.5 Å². The average Bonchev–Trinajstić information content (AvgIpc) is 2.68. The number of carbonyl (C=O) groups is 2. The molecule has 0 aromatic heterocycles. The Hall–Kier alpha value is -2.42. The lowest BCUT2D eigenvalue weighted by Gasteiger charge is -2.09. The van der Waals surface area contributed by atoms with Gasteiger partial charge in [-0.3, -0.25) is 9.59 Å². The SMILES string of the molecule is CCCCCC(=O)c1cccc(Oc2cccc(C(=O)CCCCC)c2)c1. The minimum Gasteiger partial charge on any atom is -0.457 e. The summed E-state index contributed by atoms with van der Waals surface area (Å²) in [5.41, 5.74) is 1.35. The fourth-order valence-corrected chi connectivity index (χ4v) is 2.96. The first-order valence-corrected chi connectivity index (χ1v) is 10.1. The Morgan fingerprint density at radius 3 is 1.56 bits per heavy atom. The first kappa shape index (κ1) is 20.9. The molecule has 0 aliphatic rings. The quantitative estimate of drug-likeness (QED) is 0.300. The number of hydrogen-bond acceptors (Lipinski definition) is 3. The van der Waals surface area contributed by atoms with Gasteiger partial charge in [-0.2, -0.15) is 0 Å². The van der Waals surface area contributed by atoms with E-state index in [2.05, 4.69) is 13.8 Å². The lowest BCUT2D eigenvalue weighted by molar-refractivity contribution is 0.0971. The van der Waals surface area contributed by atoms with Gasteiger partial charge in [-0.05, 0) is 37.1 Å². The lowest BCUT2D eigenvalue weighted by Crippen LogP contribution is -2.00. The number of ether oxygens (including phenoxy) is 1. The van der Waals surface area contributed by atoms with E-state index in [1.165, 1.54) is 0 Å². The van der Waals surface area contributed by atoms with E-state index in [1.54, 1.807) is 12.1 Å². The van der Waals surface area contributed by atoms with Gasteiger partial charge in [0.2, 0.25) is 0 Å². The van der Waals surface area contributed by atoms with Gasteiger partial charge in [0.05, 0.1) is 0 Å². The Morgan fingerprint density at radius 1 is 0.704 bits per heavy atom.